The number of hydrogen-bond donors (Lipinski definition) is 3. The smallest absolute Gasteiger partial charge is 0.253 e. The zero-order chi connectivity index (χ0) is 29.9. The predicted molar refractivity (Wildman–Crippen MR) is 154 cm³/mol. The number of aryl methyl sites for hydroxylation is 1. The Bertz CT molecular complexity index is 1130. The second-order valence-corrected chi connectivity index (χ2v) is 11.1. The molecule has 0 spiro atoms. The standard InChI is InChI=1S/C32H44F2N2O5/c1-4-11-36(12-5-2)32(40)24-15-21(3)14-23(19-24)31(39)35-28(18-22-16-25(33)20-26(34)17-22)30(38)29(37)10-13-41-27-8-6-7-9-27/h14-17,19-20,27-30,37-38H,4-13,18H2,1-3H3,(H,35,39)/t28-,29?,30+/m0/s1. The topological polar surface area (TPSA) is 99.1 Å². The summed E-state index contributed by atoms with van der Waals surface area (Å²) in [6.07, 6.45) is 3.24. The van der Waals surface area contributed by atoms with Crippen LogP contribution in [0, 0.1) is 18.6 Å². The minimum absolute atomic E-state index is 0.124. The molecule has 9 heteroatoms. The molecule has 1 unspecified atom stereocenters. The van der Waals surface area contributed by atoms with E-state index < -0.39 is 35.8 Å². The van der Waals surface area contributed by atoms with E-state index in [0.717, 1.165) is 56.7 Å². The average Bonchev–Trinajstić information content (AvgIpc) is 3.44. The molecule has 2 aromatic rings. The molecule has 3 rings (SSSR count). The molecule has 1 fully saturated rings. The van der Waals surface area contributed by atoms with Crippen molar-refractivity contribution in [2.24, 2.45) is 0 Å². The van der Waals surface area contributed by atoms with Crippen LogP contribution in [0.25, 0.3) is 0 Å². The number of ether oxygens (including phenoxy) is 1. The highest BCUT2D eigenvalue weighted by atomic mass is 19.1. The van der Waals surface area contributed by atoms with Crippen molar-refractivity contribution in [1.82, 2.24) is 10.2 Å². The van der Waals surface area contributed by atoms with Crippen LogP contribution in [0.3, 0.4) is 0 Å². The number of amides is 2. The third kappa shape index (κ3) is 9.87. The van der Waals surface area contributed by atoms with E-state index in [-0.39, 0.29) is 42.6 Å². The fraction of sp³-hybridized carbons (Fsp3) is 0.562. The maximum Gasteiger partial charge on any atom is 0.253 e. The number of rotatable bonds is 15. The van der Waals surface area contributed by atoms with Crippen molar-refractivity contribution in [1.29, 1.82) is 0 Å². The maximum atomic E-state index is 13.9. The Morgan fingerprint density at radius 3 is 2.20 bits per heavy atom. The molecule has 0 heterocycles. The van der Waals surface area contributed by atoms with Crippen LogP contribution in [-0.2, 0) is 11.2 Å². The molecule has 0 aromatic heterocycles. The van der Waals surface area contributed by atoms with Crippen LogP contribution in [-0.4, -0.2) is 71.0 Å². The van der Waals surface area contributed by atoms with E-state index in [9.17, 15) is 28.6 Å². The maximum absolute atomic E-state index is 13.9. The number of benzene rings is 2. The fourth-order valence-corrected chi connectivity index (χ4v) is 5.42. The van der Waals surface area contributed by atoms with Crippen LogP contribution < -0.4 is 5.32 Å². The number of nitrogens with one attached hydrogen (secondary N) is 1. The number of hydrogen-bond acceptors (Lipinski definition) is 5. The Kier molecular flexibility index (Phi) is 12.7. The summed E-state index contributed by atoms with van der Waals surface area (Å²) in [6.45, 7) is 7.22. The Morgan fingerprint density at radius 1 is 0.976 bits per heavy atom. The van der Waals surface area contributed by atoms with E-state index in [1.165, 1.54) is 6.07 Å². The van der Waals surface area contributed by atoms with Crippen molar-refractivity contribution in [2.75, 3.05) is 19.7 Å². The summed E-state index contributed by atoms with van der Waals surface area (Å²) in [5, 5.41) is 24.6. The largest absolute Gasteiger partial charge is 0.390 e. The summed E-state index contributed by atoms with van der Waals surface area (Å²) in [5.41, 5.74) is 1.52. The number of aliphatic hydroxyl groups is 2. The van der Waals surface area contributed by atoms with Gasteiger partial charge in [0.25, 0.3) is 11.8 Å². The molecule has 1 saturated carbocycles. The van der Waals surface area contributed by atoms with Gasteiger partial charge in [0.2, 0.25) is 0 Å². The summed E-state index contributed by atoms with van der Waals surface area (Å²) < 4.78 is 33.7. The van der Waals surface area contributed by atoms with Gasteiger partial charge < -0.3 is 25.2 Å². The van der Waals surface area contributed by atoms with Gasteiger partial charge in [-0.05, 0) is 86.9 Å². The lowest BCUT2D eigenvalue weighted by Gasteiger charge is -2.28. The summed E-state index contributed by atoms with van der Waals surface area (Å²) in [6, 6.07) is 6.81. The van der Waals surface area contributed by atoms with Crippen LogP contribution in [0.5, 0.6) is 0 Å². The second kappa shape index (κ2) is 15.9. The van der Waals surface area contributed by atoms with Gasteiger partial charge in [-0.15, -0.1) is 0 Å². The van der Waals surface area contributed by atoms with Crippen LogP contribution >= 0.6 is 0 Å². The van der Waals surface area contributed by atoms with Crippen LogP contribution in [0.15, 0.2) is 36.4 Å². The zero-order valence-electron chi connectivity index (χ0n) is 24.4. The highest BCUT2D eigenvalue weighted by molar-refractivity contribution is 6.00. The van der Waals surface area contributed by atoms with Gasteiger partial charge in [-0.3, -0.25) is 9.59 Å². The molecule has 0 saturated heterocycles. The van der Waals surface area contributed by atoms with Crippen molar-refractivity contribution in [3.63, 3.8) is 0 Å². The third-order valence-corrected chi connectivity index (χ3v) is 7.43. The molecule has 1 aliphatic carbocycles. The van der Waals surface area contributed by atoms with E-state index >= 15 is 0 Å². The van der Waals surface area contributed by atoms with Gasteiger partial charge in [0.1, 0.15) is 17.7 Å². The van der Waals surface area contributed by atoms with Gasteiger partial charge >= 0.3 is 0 Å². The van der Waals surface area contributed by atoms with Crippen molar-refractivity contribution in [2.45, 2.75) is 96.5 Å². The number of halogens is 2. The highest BCUT2D eigenvalue weighted by Gasteiger charge is 2.29. The van der Waals surface area contributed by atoms with Crippen LogP contribution in [0.1, 0.15) is 90.6 Å². The predicted octanol–water partition coefficient (Wildman–Crippen LogP) is 4.95. The summed E-state index contributed by atoms with van der Waals surface area (Å²) >= 11 is 0. The molecule has 3 atom stereocenters. The van der Waals surface area contributed by atoms with Gasteiger partial charge in [0.15, 0.2) is 0 Å². The number of carbonyl (C=O) groups excluding carboxylic acids is 2. The first-order chi connectivity index (χ1) is 19.6. The molecule has 1 aliphatic rings. The Balaban J connectivity index is 1.80. The van der Waals surface area contributed by atoms with Gasteiger partial charge in [0, 0.05) is 36.9 Å². The third-order valence-electron chi connectivity index (χ3n) is 7.43. The SMILES string of the molecule is CCCN(CCC)C(=O)c1cc(C)cc(C(=O)N[C@@H](Cc2cc(F)cc(F)c2)[C@@H](O)C(O)CCOC2CCCC2)c1. The average molecular weight is 575 g/mol. The van der Waals surface area contributed by atoms with Crippen LogP contribution in [0.4, 0.5) is 8.78 Å². The Morgan fingerprint density at radius 2 is 1.59 bits per heavy atom. The summed E-state index contributed by atoms with van der Waals surface area (Å²) in [5.74, 6) is -2.31. The normalized spacial score (nSPS) is 15.9. The first kappa shape index (κ1) is 32.6. The summed E-state index contributed by atoms with van der Waals surface area (Å²) in [7, 11) is 0. The first-order valence-electron chi connectivity index (χ1n) is 14.8. The molecule has 226 valence electrons. The highest BCUT2D eigenvalue weighted by Crippen LogP contribution is 2.22. The van der Waals surface area contributed by atoms with Gasteiger partial charge in [0.05, 0.1) is 18.2 Å². The van der Waals surface area contributed by atoms with Gasteiger partial charge in [-0.25, -0.2) is 8.78 Å². The number of aliphatic hydroxyl groups excluding tert-OH is 2. The van der Waals surface area contributed by atoms with Gasteiger partial charge in [-0.2, -0.15) is 0 Å². The van der Waals surface area contributed by atoms with E-state index in [2.05, 4.69) is 5.32 Å². The van der Waals surface area contributed by atoms with E-state index in [1.807, 2.05) is 13.8 Å². The molecule has 3 N–H and O–H groups in total. The number of carbonyl (C=O) groups is 2. The van der Waals surface area contributed by atoms with Crippen molar-refractivity contribution >= 4 is 11.8 Å². The second-order valence-electron chi connectivity index (χ2n) is 11.1. The quantitative estimate of drug-likeness (QED) is 0.280. The minimum atomic E-state index is -1.44. The summed E-state index contributed by atoms with van der Waals surface area (Å²) in [4.78, 5) is 28.4. The minimum Gasteiger partial charge on any atom is -0.390 e. The molecular formula is C32H44F2N2O5. The van der Waals surface area contributed by atoms with E-state index in [4.69, 9.17) is 4.74 Å². The first-order valence-corrected chi connectivity index (χ1v) is 14.8. The van der Waals surface area contributed by atoms with Crippen molar-refractivity contribution in [3.8, 4) is 0 Å². The Labute approximate surface area is 241 Å². The molecule has 41 heavy (non-hydrogen) atoms. The molecule has 2 aromatic carbocycles. The number of nitrogens with zero attached hydrogens (tertiary/aromatic N) is 1. The van der Waals surface area contributed by atoms with Crippen molar-refractivity contribution in [3.05, 3.63) is 70.3 Å². The van der Waals surface area contributed by atoms with Gasteiger partial charge in [-0.1, -0.05) is 26.7 Å². The lowest BCUT2D eigenvalue weighted by molar-refractivity contribution is -0.0314. The molecular weight excluding hydrogens is 530 g/mol. The monoisotopic (exact) mass is 574 g/mol. The van der Waals surface area contributed by atoms with Crippen molar-refractivity contribution < 1.29 is 33.3 Å². The van der Waals surface area contributed by atoms with Crippen LogP contribution in [0.2, 0.25) is 0 Å². The zero-order valence-corrected chi connectivity index (χ0v) is 24.4. The molecule has 7 nitrogen and oxygen atoms in total. The lowest BCUT2D eigenvalue weighted by atomic mass is 9.95. The van der Waals surface area contributed by atoms with E-state index in [1.54, 1.807) is 24.0 Å². The molecule has 0 radical (unpaired) electrons. The van der Waals surface area contributed by atoms with E-state index in [0.29, 0.717) is 24.2 Å². The lowest BCUT2D eigenvalue weighted by Crippen LogP contribution is -2.50. The molecule has 0 aliphatic heterocycles. The molecule has 2 amide bonds. The fourth-order valence-electron chi connectivity index (χ4n) is 5.42. The molecule has 0 bridgehead atoms. The Hall–Kier alpha value is -2.88.